The molecule has 0 aromatic carbocycles. The molecular weight excluding hydrogens is 216 g/mol. The molecule has 0 spiro atoms. The quantitative estimate of drug-likeness (QED) is 0.698. The normalized spacial score (nSPS) is 21.2. The van der Waals surface area contributed by atoms with Crippen molar-refractivity contribution in [2.75, 3.05) is 31.9 Å². The number of hydrogen-bond donors (Lipinski definition) is 1. The summed E-state index contributed by atoms with van der Waals surface area (Å²) in [7, 11) is 0. The summed E-state index contributed by atoms with van der Waals surface area (Å²) in [4.78, 5) is 2.64. The highest BCUT2D eigenvalue weighted by Crippen LogP contribution is 2.29. The number of nitrogens with two attached hydrogens (primary N) is 1. The van der Waals surface area contributed by atoms with Crippen molar-refractivity contribution < 1.29 is 0 Å². The second kappa shape index (κ2) is 7.57. The van der Waals surface area contributed by atoms with Crippen molar-refractivity contribution in [3.8, 4) is 0 Å². The van der Waals surface area contributed by atoms with Crippen molar-refractivity contribution in [2.45, 2.75) is 50.7 Å². The van der Waals surface area contributed by atoms with Gasteiger partial charge < -0.3 is 10.6 Å². The molecule has 0 aromatic rings. The minimum Gasteiger partial charge on any atom is -0.330 e. The monoisotopic (exact) mass is 244 g/mol. The Morgan fingerprint density at radius 2 is 1.81 bits per heavy atom. The second-order valence-electron chi connectivity index (χ2n) is 5.44. The summed E-state index contributed by atoms with van der Waals surface area (Å²) in [5.74, 6) is 1.31. The largest absolute Gasteiger partial charge is 0.330 e. The zero-order valence-electron chi connectivity index (χ0n) is 11.0. The predicted octanol–water partition coefficient (Wildman–Crippen LogP) is 2.72. The molecule has 1 saturated heterocycles. The van der Waals surface area contributed by atoms with Crippen LogP contribution >= 0.6 is 11.8 Å². The van der Waals surface area contributed by atoms with Crippen LogP contribution in [0, 0.1) is 0 Å². The fourth-order valence-corrected chi connectivity index (χ4v) is 3.49. The van der Waals surface area contributed by atoms with Gasteiger partial charge in [-0.2, -0.15) is 11.8 Å². The van der Waals surface area contributed by atoms with E-state index < -0.39 is 0 Å². The van der Waals surface area contributed by atoms with E-state index in [4.69, 9.17) is 5.73 Å². The molecule has 0 aromatic heterocycles. The first-order chi connectivity index (χ1) is 7.64. The van der Waals surface area contributed by atoms with E-state index in [1.54, 1.807) is 0 Å². The number of nitrogens with zero attached hydrogens (tertiary/aromatic N) is 1. The van der Waals surface area contributed by atoms with E-state index in [2.05, 4.69) is 30.5 Å². The van der Waals surface area contributed by atoms with Crippen LogP contribution in [0.5, 0.6) is 0 Å². The fourth-order valence-electron chi connectivity index (χ4n) is 2.32. The first-order valence-electron chi connectivity index (χ1n) is 6.70. The summed E-state index contributed by atoms with van der Waals surface area (Å²) in [6.07, 6.45) is 6.63. The molecule has 1 aliphatic rings. The van der Waals surface area contributed by atoms with Crippen LogP contribution in [0.25, 0.3) is 0 Å². The van der Waals surface area contributed by atoms with Crippen LogP contribution in [-0.4, -0.2) is 41.6 Å². The average molecular weight is 244 g/mol. The lowest BCUT2D eigenvalue weighted by Crippen LogP contribution is -2.43. The number of thioether (sulfide) groups is 1. The van der Waals surface area contributed by atoms with E-state index in [1.165, 1.54) is 57.5 Å². The van der Waals surface area contributed by atoms with Gasteiger partial charge >= 0.3 is 0 Å². The van der Waals surface area contributed by atoms with Crippen LogP contribution in [0.2, 0.25) is 0 Å². The van der Waals surface area contributed by atoms with Gasteiger partial charge in [-0.1, -0.05) is 19.3 Å². The molecule has 0 radical (unpaired) electrons. The van der Waals surface area contributed by atoms with E-state index in [0.717, 1.165) is 6.54 Å². The minimum absolute atomic E-state index is 0.470. The first kappa shape index (κ1) is 14.3. The van der Waals surface area contributed by atoms with E-state index >= 15 is 0 Å². The SMILES string of the molecule is CC1(C)CN(CCCCCCCN)CCS1. The van der Waals surface area contributed by atoms with E-state index in [0.29, 0.717) is 4.75 Å². The maximum atomic E-state index is 5.48. The van der Waals surface area contributed by atoms with Crippen LogP contribution in [0.3, 0.4) is 0 Å². The molecule has 0 bridgehead atoms. The van der Waals surface area contributed by atoms with Gasteiger partial charge in [0.15, 0.2) is 0 Å². The summed E-state index contributed by atoms with van der Waals surface area (Å²) in [5, 5.41) is 0. The molecule has 0 unspecified atom stereocenters. The van der Waals surface area contributed by atoms with Crippen molar-refractivity contribution in [1.29, 1.82) is 0 Å². The zero-order chi connectivity index (χ0) is 11.9. The number of unbranched alkanes of at least 4 members (excludes halogenated alkanes) is 4. The molecule has 3 heteroatoms. The van der Waals surface area contributed by atoms with Gasteiger partial charge in [-0.15, -0.1) is 0 Å². The third-order valence-electron chi connectivity index (χ3n) is 3.18. The van der Waals surface area contributed by atoms with Crippen LogP contribution in [0.4, 0.5) is 0 Å². The van der Waals surface area contributed by atoms with Crippen LogP contribution < -0.4 is 5.73 Å². The van der Waals surface area contributed by atoms with Crippen molar-refractivity contribution in [2.24, 2.45) is 5.73 Å². The smallest absolute Gasteiger partial charge is 0.0231 e. The topological polar surface area (TPSA) is 29.3 Å². The molecule has 0 saturated carbocycles. The lowest BCUT2D eigenvalue weighted by Gasteiger charge is -2.37. The van der Waals surface area contributed by atoms with Gasteiger partial charge in [0.05, 0.1) is 0 Å². The zero-order valence-corrected chi connectivity index (χ0v) is 11.8. The lowest BCUT2D eigenvalue weighted by molar-refractivity contribution is 0.254. The number of hydrogen-bond acceptors (Lipinski definition) is 3. The molecular formula is C13H28N2S. The second-order valence-corrected chi connectivity index (χ2v) is 7.24. The lowest BCUT2D eigenvalue weighted by atomic mass is 10.1. The van der Waals surface area contributed by atoms with Gasteiger partial charge in [0.25, 0.3) is 0 Å². The maximum Gasteiger partial charge on any atom is 0.0231 e. The highest BCUT2D eigenvalue weighted by atomic mass is 32.2. The van der Waals surface area contributed by atoms with E-state index in [1.807, 2.05) is 0 Å². The number of rotatable bonds is 7. The third-order valence-corrected chi connectivity index (χ3v) is 4.48. The fraction of sp³-hybridized carbons (Fsp3) is 1.00. The molecule has 0 amide bonds. The Kier molecular flexibility index (Phi) is 6.78. The van der Waals surface area contributed by atoms with Gasteiger partial charge in [0.2, 0.25) is 0 Å². The highest BCUT2D eigenvalue weighted by Gasteiger charge is 2.26. The Bertz CT molecular complexity index is 183. The molecule has 2 nitrogen and oxygen atoms in total. The molecule has 16 heavy (non-hydrogen) atoms. The van der Waals surface area contributed by atoms with Gasteiger partial charge in [-0.05, 0) is 39.8 Å². The first-order valence-corrected chi connectivity index (χ1v) is 7.69. The van der Waals surface area contributed by atoms with E-state index in [9.17, 15) is 0 Å². The van der Waals surface area contributed by atoms with Crippen LogP contribution in [0.1, 0.15) is 46.0 Å². The Labute approximate surface area is 105 Å². The predicted molar refractivity (Wildman–Crippen MR) is 75.1 cm³/mol. The van der Waals surface area contributed by atoms with Gasteiger partial charge in [0.1, 0.15) is 0 Å². The van der Waals surface area contributed by atoms with Crippen LogP contribution in [0.15, 0.2) is 0 Å². The average Bonchev–Trinajstić information content (AvgIpc) is 2.22. The van der Waals surface area contributed by atoms with Gasteiger partial charge in [-0.25, -0.2) is 0 Å². The standard InChI is InChI=1S/C13H28N2S/c1-13(2)12-15(10-11-16-13)9-7-5-3-4-6-8-14/h3-12,14H2,1-2H3. The highest BCUT2D eigenvalue weighted by molar-refractivity contribution is 8.00. The molecule has 1 rings (SSSR count). The Balaban J connectivity index is 2.00. The van der Waals surface area contributed by atoms with Crippen molar-refractivity contribution in [3.63, 3.8) is 0 Å². The summed E-state index contributed by atoms with van der Waals surface area (Å²) in [5.41, 5.74) is 5.48. The summed E-state index contributed by atoms with van der Waals surface area (Å²) >= 11 is 2.12. The Morgan fingerprint density at radius 1 is 1.12 bits per heavy atom. The molecule has 1 aliphatic heterocycles. The molecule has 2 N–H and O–H groups in total. The Hall–Kier alpha value is 0.270. The summed E-state index contributed by atoms with van der Waals surface area (Å²) in [6.45, 7) is 9.44. The third kappa shape index (κ3) is 6.12. The Morgan fingerprint density at radius 3 is 2.50 bits per heavy atom. The minimum atomic E-state index is 0.470. The molecule has 1 fully saturated rings. The molecule has 0 atom stereocenters. The maximum absolute atomic E-state index is 5.48. The molecule has 96 valence electrons. The van der Waals surface area contributed by atoms with Crippen molar-refractivity contribution >= 4 is 11.8 Å². The van der Waals surface area contributed by atoms with E-state index in [-0.39, 0.29) is 0 Å². The summed E-state index contributed by atoms with van der Waals surface area (Å²) < 4.78 is 0.470. The molecule has 0 aliphatic carbocycles. The van der Waals surface area contributed by atoms with Crippen molar-refractivity contribution in [1.82, 2.24) is 4.90 Å². The van der Waals surface area contributed by atoms with Crippen LogP contribution in [-0.2, 0) is 0 Å². The van der Waals surface area contributed by atoms with Gasteiger partial charge in [0, 0.05) is 23.6 Å². The van der Waals surface area contributed by atoms with Crippen molar-refractivity contribution in [3.05, 3.63) is 0 Å². The molecule has 1 heterocycles. The summed E-state index contributed by atoms with van der Waals surface area (Å²) in [6, 6.07) is 0. The van der Waals surface area contributed by atoms with Gasteiger partial charge in [-0.3, -0.25) is 0 Å².